The van der Waals surface area contributed by atoms with Crippen molar-refractivity contribution in [3.63, 3.8) is 0 Å². The number of hydrogen-bond donors (Lipinski definition) is 1. The van der Waals surface area contributed by atoms with Crippen LogP contribution in [0.2, 0.25) is 0 Å². The summed E-state index contributed by atoms with van der Waals surface area (Å²) in [5, 5.41) is 10.4. The summed E-state index contributed by atoms with van der Waals surface area (Å²) in [5.41, 5.74) is 3.14. The van der Waals surface area contributed by atoms with Gasteiger partial charge in [0.05, 0.1) is 5.56 Å². The molecular weight excluding hydrogens is 238 g/mol. The van der Waals surface area contributed by atoms with E-state index in [-0.39, 0.29) is 0 Å². The van der Waals surface area contributed by atoms with Crippen molar-refractivity contribution in [3.05, 3.63) is 60.3 Å². The minimum Gasteiger partial charge on any atom is -0.478 e. The first kappa shape index (κ1) is 11.5. The van der Waals surface area contributed by atoms with Gasteiger partial charge in [-0.3, -0.25) is 0 Å². The second-order valence-electron chi connectivity index (χ2n) is 4.52. The van der Waals surface area contributed by atoms with E-state index in [9.17, 15) is 9.90 Å². The van der Waals surface area contributed by atoms with E-state index in [0.717, 1.165) is 22.0 Å². The molecular formula is C16H13NO2. The average molecular weight is 251 g/mol. The van der Waals surface area contributed by atoms with E-state index < -0.39 is 5.97 Å². The van der Waals surface area contributed by atoms with Gasteiger partial charge < -0.3 is 9.67 Å². The number of carboxylic acids is 1. The lowest BCUT2D eigenvalue weighted by Gasteiger charge is -2.04. The van der Waals surface area contributed by atoms with Crippen LogP contribution < -0.4 is 0 Å². The zero-order chi connectivity index (χ0) is 13.4. The molecule has 3 aromatic rings. The quantitative estimate of drug-likeness (QED) is 0.756. The zero-order valence-electron chi connectivity index (χ0n) is 10.5. The van der Waals surface area contributed by atoms with Gasteiger partial charge >= 0.3 is 5.97 Å². The lowest BCUT2D eigenvalue weighted by molar-refractivity contribution is 0.0698. The summed E-state index contributed by atoms with van der Waals surface area (Å²) in [5.74, 6) is -0.900. The third-order valence-electron chi connectivity index (χ3n) is 3.34. The lowest BCUT2D eigenvalue weighted by atomic mass is 9.99. The maximum absolute atomic E-state index is 11.3. The third-order valence-corrected chi connectivity index (χ3v) is 3.34. The molecule has 0 saturated heterocycles. The molecule has 0 aliphatic carbocycles. The predicted molar refractivity (Wildman–Crippen MR) is 75.3 cm³/mol. The van der Waals surface area contributed by atoms with Gasteiger partial charge in [0.1, 0.15) is 0 Å². The SMILES string of the molecule is Cn1cc(-c2ccccc2C(=O)O)c2ccccc21. The molecule has 1 heterocycles. The Bertz CT molecular complexity index is 771. The Labute approximate surface area is 110 Å². The Morgan fingerprint density at radius 1 is 1.00 bits per heavy atom. The summed E-state index contributed by atoms with van der Waals surface area (Å²) in [4.78, 5) is 11.3. The van der Waals surface area contributed by atoms with Crippen LogP contribution in [0.15, 0.2) is 54.7 Å². The second kappa shape index (κ2) is 4.28. The first-order valence-corrected chi connectivity index (χ1v) is 6.05. The number of aromatic nitrogens is 1. The summed E-state index contributed by atoms with van der Waals surface area (Å²) >= 11 is 0. The number of fused-ring (bicyclic) bond motifs is 1. The smallest absolute Gasteiger partial charge is 0.336 e. The molecule has 0 aliphatic heterocycles. The molecule has 3 nitrogen and oxygen atoms in total. The minimum atomic E-state index is -0.900. The Morgan fingerprint density at radius 2 is 1.68 bits per heavy atom. The Hall–Kier alpha value is -2.55. The van der Waals surface area contributed by atoms with Gasteiger partial charge in [0.15, 0.2) is 0 Å². The van der Waals surface area contributed by atoms with Crippen LogP contribution >= 0.6 is 0 Å². The molecule has 0 unspecified atom stereocenters. The fraction of sp³-hybridized carbons (Fsp3) is 0.0625. The second-order valence-corrected chi connectivity index (χ2v) is 4.52. The summed E-state index contributed by atoms with van der Waals surface area (Å²) in [6.07, 6.45) is 1.98. The minimum absolute atomic E-state index is 0.332. The van der Waals surface area contributed by atoms with E-state index in [1.165, 1.54) is 0 Å². The molecule has 0 amide bonds. The molecule has 0 fully saturated rings. The Morgan fingerprint density at radius 3 is 2.47 bits per heavy atom. The molecule has 0 atom stereocenters. The van der Waals surface area contributed by atoms with Gasteiger partial charge in [-0.15, -0.1) is 0 Å². The molecule has 0 saturated carbocycles. The van der Waals surface area contributed by atoms with E-state index >= 15 is 0 Å². The zero-order valence-corrected chi connectivity index (χ0v) is 10.5. The molecule has 19 heavy (non-hydrogen) atoms. The van der Waals surface area contributed by atoms with Crippen LogP contribution in [0.4, 0.5) is 0 Å². The van der Waals surface area contributed by atoms with Crippen molar-refractivity contribution >= 4 is 16.9 Å². The van der Waals surface area contributed by atoms with Crippen molar-refractivity contribution in [2.24, 2.45) is 7.05 Å². The van der Waals surface area contributed by atoms with Crippen molar-refractivity contribution in [3.8, 4) is 11.1 Å². The Kier molecular flexibility index (Phi) is 2.60. The number of nitrogens with zero attached hydrogens (tertiary/aromatic N) is 1. The van der Waals surface area contributed by atoms with E-state index in [0.29, 0.717) is 5.56 Å². The van der Waals surface area contributed by atoms with E-state index in [1.807, 2.05) is 54.2 Å². The summed E-state index contributed by atoms with van der Waals surface area (Å²) in [6, 6.07) is 15.1. The summed E-state index contributed by atoms with van der Waals surface area (Å²) in [7, 11) is 1.97. The number of hydrogen-bond acceptors (Lipinski definition) is 1. The molecule has 0 aliphatic rings. The molecule has 0 radical (unpaired) electrons. The maximum Gasteiger partial charge on any atom is 0.336 e. The van der Waals surface area contributed by atoms with Gasteiger partial charge in [-0.25, -0.2) is 4.79 Å². The largest absolute Gasteiger partial charge is 0.478 e. The van der Waals surface area contributed by atoms with Gasteiger partial charge in [-0.1, -0.05) is 36.4 Å². The molecule has 1 aromatic heterocycles. The van der Waals surface area contributed by atoms with Gasteiger partial charge in [-0.05, 0) is 17.7 Å². The first-order valence-electron chi connectivity index (χ1n) is 6.05. The Balaban J connectivity index is 2.34. The van der Waals surface area contributed by atoms with Crippen molar-refractivity contribution in [2.75, 3.05) is 0 Å². The molecule has 0 spiro atoms. The number of aryl methyl sites for hydroxylation is 1. The summed E-state index contributed by atoms with van der Waals surface area (Å²) in [6.45, 7) is 0. The van der Waals surface area contributed by atoms with E-state index in [4.69, 9.17) is 0 Å². The van der Waals surface area contributed by atoms with Crippen LogP contribution in [0.25, 0.3) is 22.0 Å². The fourth-order valence-electron chi connectivity index (χ4n) is 2.46. The number of aromatic carboxylic acids is 1. The third kappa shape index (κ3) is 1.80. The van der Waals surface area contributed by atoms with E-state index in [1.54, 1.807) is 12.1 Å². The van der Waals surface area contributed by atoms with E-state index in [2.05, 4.69) is 0 Å². The van der Waals surface area contributed by atoms with Gasteiger partial charge in [0.2, 0.25) is 0 Å². The topological polar surface area (TPSA) is 42.2 Å². The molecule has 3 heteroatoms. The number of rotatable bonds is 2. The maximum atomic E-state index is 11.3. The fourth-order valence-corrected chi connectivity index (χ4v) is 2.46. The highest BCUT2D eigenvalue weighted by Crippen LogP contribution is 2.32. The average Bonchev–Trinajstić information content (AvgIpc) is 2.77. The van der Waals surface area contributed by atoms with Crippen molar-refractivity contribution in [1.29, 1.82) is 0 Å². The number of carbonyl (C=O) groups is 1. The number of para-hydroxylation sites is 1. The highest BCUT2D eigenvalue weighted by Gasteiger charge is 2.14. The highest BCUT2D eigenvalue weighted by molar-refractivity contribution is 6.03. The normalized spacial score (nSPS) is 10.8. The predicted octanol–water partition coefficient (Wildman–Crippen LogP) is 3.54. The molecule has 2 aromatic carbocycles. The molecule has 0 bridgehead atoms. The summed E-state index contributed by atoms with van der Waals surface area (Å²) < 4.78 is 2.02. The van der Waals surface area contributed by atoms with Crippen molar-refractivity contribution < 1.29 is 9.90 Å². The van der Waals surface area contributed by atoms with Crippen molar-refractivity contribution in [2.45, 2.75) is 0 Å². The van der Waals surface area contributed by atoms with Crippen LogP contribution in [0.5, 0.6) is 0 Å². The van der Waals surface area contributed by atoms with Crippen LogP contribution in [0.3, 0.4) is 0 Å². The molecule has 3 rings (SSSR count). The first-order chi connectivity index (χ1) is 9.18. The monoisotopic (exact) mass is 251 g/mol. The van der Waals surface area contributed by atoms with Crippen molar-refractivity contribution in [1.82, 2.24) is 4.57 Å². The van der Waals surface area contributed by atoms with Crippen LogP contribution in [-0.4, -0.2) is 15.6 Å². The number of benzene rings is 2. The van der Waals surface area contributed by atoms with Gasteiger partial charge in [0, 0.05) is 29.7 Å². The molecule has 94 valence electrons. The van der Waals surface area contributed by atoms with Crippen LogP contribution in [0, 0.1) is 0 Å². The van der Waals surface area contributed by atoms with Crippen LogP contribution in [-0.2, 0) is 7.05 Å². The van der Waals surface area contributed by atoms with Gasteiger partial charge in [0.25, 0.3) is 0 Å². The highest BCUT2D eigenvalue weighted by atomic mass is 16.4. The standard InChI is InChI=1S/C16H13NO2/c1-17-10-14(12-7-4-5-9-15(12)17)11-6-2-3-8-13(11)16(18)19/h2-10H,1H3,(H,18,19). The van der Waals surface area contributed by atoms with Crippen LogP contribution in [0.1, 0.15) is 10.4 Å². The number of carboxylic acid groups (broad SMARTS) is 1. The molecule has 1 N–H and O–H groups in total. The lowest BCUT2D eigenvalue weighted by Crippen LogP contribution is -1.98. The van der Waals surface area contributed by atoms with Gasteiger partial charge in [-0.2, -0.15) is 0 Å².